The van der Waals surface area contributed by atoms with Crippen LogP contribution in [0.4, 0.5) is 16.2 Å². The molecule has 1 aromatic heterocycles. The molecule has 3 saturated heterocycles. The molecule has 0 atom stereocenters. The average Bonchev–Trinajstić information content (AvgIpc) is 3.49. The van der Waals surface area contributed by atoms with Crippen molar-refractivity contribution in [2.24, 2.45) is 0 Å². The number of fused-ring (bicyclic) bond motifs is 1. The van der Waals surface area contributed by atoms with Crippen LogP contribution in [-0.4, -0.2) is 97.3 Å². The monoisotopic (exact) mass is 572 g/mol. The average molecular weight is 573 g/mol. The summed E-state index contributed by atoms with van der Waals surface area (Å²) in [6.07, 6.45) is 3.38. The molecule has 3 fully saturated rings. The number of morpholine rings is 2. The Labute approximate surface area is 242 Å². The number of aromatic nitrogens is 1. The number of nitrogens with zero attached hydrogens (tertiary/aromatic N) is 4. The van der Waals surface area contributed by atoms with Gasteiger partial charge in [-0.3, -0.25) is 14.4 Å². The Bertz CT molecular complexity index is 1540. The highest BCUT2D eigenvalue weighted by Crippen LogP contribution is 2.25. The molecule has 0 radical (unpaired) electrons. The molecule has 12 heteroatoms. The number of anilines is 2. The van der Waals surface area contributed by atoms with Gasteiger partial charge in [-0.15, -0.1) is 0 Å². The standard InChI is InChI=1S/C30H32N6O6/c37-27(31-22-5-7-23(8-6-22)33-9-13-41-14-10-33)19-36-29(39)25(32-30(36)40)17-21-18-35(26-4-2-1-3-24(21)26)20-28(38)34-11-15-42-16-12-34/h1-8,17-18H,9-16,19-20H2,(H,31,37)(H,32,40)/b25-17-. The van der Waals surface area contributed by atoms with E-state index < -0.39 is 24.4 Å². The lowest BCUT2D eigenvalue weighted by molar-refractivity contribution is -0.135. The van der Waals surface area contributed by atoms with Crippen LogP contribution in [0.3, 0.4) is 0 Å². The highest BCUT2D eigenvalue weighted by molar-refractivity contribution is 6.16. The first kappa shape index (κ1) is 27.5. The van der Waals surface area contributed by atoms with Gasteiger partial charge >= 0.3 is 6.03 Å². The van der Waals surface area contributed by atoms with Crippen molar-refractivity contribution < 1.29 is 28.7 Å². The molecular formula is C30H32N6O6. The molecule has 218 valence electrons. The van der Waals surface area contributed by atoms with Gasteiger partial charge in [0.25, 0.3) is 5.91 Å². The maximum atomic E-state index is 13.2. The zero-order chi connectivity index (χ0) is 29.1. The van der Waals surface area contributed by atoms with Gasteiger partial charge in [0.15, 0.2) is 0 Å². The third-order valence-electron chi connectivity index (χ3n) is 7.58. The Hall–Kier alpha value is -4.68. The number of carbonyl (C=O) groups is 4. The fourth-order valence-corrected chi connectivity index (χ4v) is 5.37. The lowest BCUT2D eigenvalue weighted by Gasteiger charge is -2.28. The smallest absolute Gasteiger partial charge is 0.329 e. The lowest BCUT2D eigenvalue weighted by Crippen LogP contribution is -2.42. The molecule has 12 nitrogen and oxygen atoms in total. The molecule has 4 heterocycles. The van der Waals surface area contributed by atoms with E-state index in [0.717, 1.165) is 34.6 Å². The molecule has 3 aliphatic heterocycles. The Morgan fingerprint density at radius 2 is 1.57 bits per heavy atom. The summed E-state index contributed by atoms with van der Waals surface area (Å²) in [7, 11) is 0. The number of hydrogen-bond acceptors (Lipinski definition) is 7. The van der Waals surface area contributed by atoms with Gasteiger partial charge in [0.1, 0.15) is 18.8 Å². The van der Waals surface area contributed by atoms with E-state index in [0.29, 0.717) is 50.8 Å². The van der Waals surface area contributed by atoms with Crippen molar-refractivity contribution >= 4 is 52.1 Å². The molecule has 0 bridgehead atoms. The maximum Gasteiger partial charge on any atom is 0.329 e. The number of imide groups is 1. The van der Waals surface area contributed by atoms with Crippen molar-refractivity contribution in [3.8, 4) is 0 Å². The molecule has 2 N–H and O–H groups in total. The second-order valence-electron chi connectivity index (χ2n) is 10.3. The van der Waals surface area contributed by atoms with Crippen LogP contribution in [0.2, 0.25) is 0 Å². The van der Waals surface area contributed by atoms with E-state index in [1.165, 1.54) is 0 Å². The number of amides is 5. The van der Waals surface area contributed by atoms with E-state index in [1.807, 2.05) is 41.0 Å². The predicted molar refractivity (Wildman–Crippen MR) is 156 cm³/mol. The molecule has 2 aromatic carbocycles. The molecule has 3 aromatic rings. The first-order valence-corrected chi connectivity index (χ1v) is 14.0. The maximum absolute atomic E-state index is 13.2. The fourth-order valence-electron chi connectivity index (χ4n) is 5.37. The highest BCUT2D eigenvalue weighted by atomic mass is 16.5. The quantitative estimate of drug-likeness (QED) is 0.327. The van der Waals surface area contributed by atoms with Crippen molar-refractivity contribution in [1.29, 1.82) is 0 Å². The van der Waals surface area contributed by atoms with Gasteiger partial charge in [-0.25, -0.2) is 9.69 Å². The van der Waals surface area contributed by atoms with E-state index >= 15 is 0 Å². The molecule has 42 heavy (non-hydrogen) atoms. The van der Waals surface area contributed by atoms with Crippen LogP contribution in [-0.2, 0) is 30.4 Å². The summed E-state index contributed by atoms with van der Waals surface area (Å²) in [6.45, 7) is 4.83. The molecule has 3 aliphatic rings. The van der Waals surface area contributed by atoms with Gasteiger partial charge in [-0.05, 0) is 36.4 Å². The Morgan fingerprint density at radius 3 is 2.31 bits per heavy atom. The van der Waals surface area contributed by atoms with Gasteiger partial charge in [0.05, 0.1) is 26.4 Å². The minimum atomic E-state index is -0.671. The molecule has 6 rings (SSSR count). The minimum absolute atomic E-state index is 0.0172. The van der Waals surface area contributed by atoms with Gasteiger partial charge in [0, 0.05) is 60.2 Å². The van der Waals surface area contributed by atoms with Crippen LogP contribution in [0, 0.1) is 0 Å². The summed E-state index contributed by atoms with van der Waals surface area (Å²) < 4.78 is 12.6. The van der Waals surface area contributed by atoms with Crippen molar-refractivity contribution in [1.82, 2.24) is 19.7 Å². The number of benzene rings is 2. The molecule has 5 amide bonds. The Morgan fingerprint density at radius 1 is 0.881 bits per heavy atom. The largest absolute Gasteiger partial charge is 0.378 e. The first-order chi connectivity index (χ1) is 20.5. The number of rotatable bonds is 7. The van der Waals surface area contributed by atoms with Gasteiger partial charge in [-0.1, -0.05) is 18.2 Å². The minimum Gasteiger partial charge on any atom is -0.378 e. The fraction of sp³-hybridized carbons (Fsp3) is 0.333. The Kier molecular flexibility index (Phi) is 7.89. The SMILES string of the molecule is O=C(CN1C(=O)N/C(=C\c2cn(CC(=O)N3CCOCC3)c3ccccc23)C1=O)Nc1ccc(N2CCOCC2)cc1. The Balaban J connectivity index is 1.13. The van der Waals surface area contributed by atoms with E-state index in [9.17, 15) is 19.2 Å². The third kappa shape index (κ3) is 5.85. The summed E-state index contributed by atoms with van der Waals surface area (Å²) in [5.74, 6) is -1.10. The normalized spacial score (nSPS) is 18.6. The van der Waals surface area contributed by atoms with Gasteiger partial charge < -0.3 is 34.5 Å². The van der Waals surface area contributed by atoms with E-state index in [4.69, 9.17) is 9.47 Å². The third-order valence-corrected chi connectivity index (χ3v) is 7.58. The van der Waals surface area contributed by atoms with E-state index in [2.05, 4.69) is 15.5 Å². The summed E-state index contributed by atoms with van der Waals surface area (Å²) in [5.41, 5.74) is 3.17. The summed E-state index contributed by atoms with van der Waals surface area (Å²) in [4.78, 5) is 56.3. The van der Waals surface area contributed by atoms with Crippen LogP contribution in [0.5, 0.6) is 0 Å². The number of carbonyl (C=O) groups excluding carboxylic acids is 4. The number of urea groups is 1. The number of ether oxygens (including phenoxy) is 2. The molecular weight excluding hydrogens is 540 g/mol. The van der Waals surface area contributed by atoms with Crippen LogP contribution in [0.15, 0.2) is 60.4 Å². The second kappa shape index (κ2) is 12.0. The van der Waals surface area contributed by atoms with Crippen LogP contribution in [0.1, 0.15) is 5.56 Å². The van der Waals surface area contributed by atoms with E-state index in [1.54, 1.807) is 29.3 Å². The van der Waals surface area contributed by atoms with Crippen LogP contribution < -0.4 is 15.5 Å². The predicted octanol–water partition coefficient (Wildman–Crippen LogP) is 1.87. The van der Waals surface area contributed by atoms with Crippen molar-refractivity contribution in [3.63, 3.8) is 0 Å². The van der Waals surface area contributed by atoms with Crippen molar-refractivity contribution in [2.45, 2.75) is 6.54 Å². The topological polar surface area (TPSA) is 125 Å². The highest BCUT2D eigenvalue weighted by Gasteiger charge is 2.35. The zero-order valence-electron chi connectivity index (χ0n) is 23.1. The number of para-hydroxylation sites is 1. The molecule has 0 spiro atoms. The van der Waals surface area contributed by atoms with Crippen molar-refractivity contribution in [3.05, 3.63) is 66.0 Å². The van der Waals surface area contributed by atoms with E-state index in [-0.39, 0.29) is 18.1 Å². The first-order valence-electron chi connectivity index (χ1n) is 14.0. The summed E-state index contributed by atoms with van der Waals surface area (Å²) in [6, 6.07) is 14.3. The van der Waals surface area contributed by atoms with Crippen molar-refractivity contribution in [2.75, 3.05) is 69.4 Å². The van der Waals surface area contributed by atoms with Crippen LogP contribution >= 0.6 is 0 Å². The molecule has 0 saturated carbocycles. The second-order valence-corrected chi connectivity index (χ2v) is 10.3. The lowest BCUT2D eigenvalue weighted by atomic mass is 10.1. The molecule has 0 unspecified atom stereocenters. The number of hydrogen-bond donors (Lipinski definition) is 2. The molecule has 0 aliphatic carbocycles. The van der Waals surface area contributed by atoms with Crippen LogP contribution in [0.25, 0.3) is 17.0 Å². The van der Waals surface area contributed by atoms with Gasteiger partial charge in [0.2, 0.25) is 11.8 Å². The number of nitrogens with one attached hydrogen (secondary N) is 2. The summed E-state index contributed by atoms with van der Waals surface area (Å²) in [5, 5.41) is 6.17. The summed E-state index contributed by atoms with van der Waals surface area (Å²) >= 11 is 0. The van der Waals surface area contributed by atoms with Gasteiger partial charge in [-0.2, -0.15) is 0 Å². The zero-order valence-corrected chi connectivity index (χ0v) is 23.1.